The number of rotatable bonds is 3. The summed E-state index contributed by atoms with van der Waals surface area (Å²) in [6.07, 6.45) is 2.32. The van der Waals surface area contributed by atoms with E-state index >= 15 is 0 Å². The summed E-state index contributed by atoms with van der Waals surface area (Å²) < 4.78 is 34.8. The highest BCUT2D eigenvalue weighted by Crippen LogP contribution is 2.34. The number of likely N-dealkylation sites (tertiary alicyclic amines) is 1. The van der Waals surface area contributed by atoms with E-state index in [0.29, 0.717) is 48.2 Å². The van der Waals surface area contributed by atoms with Crippen LogP contribution in [0.2, 0.25) is 0 Å². The van der Waals surface area contributed by atoms with E-state index in [-0.39, 0.29) is 17.9 Å². The highest BCUT2D eigenvalue weighted by atomic mass is 32.2. The Morgan fingerprint density at radius 3 is 2.45 bits per heavy atom. The molecule has 4 rings (SSSR count). The van der Waals surface area contributed by atoms with Gasteiger partial charge in [-0.15, -0.1) is 4.40 Å². The van der Waals surface area contributed by atoms with Crippen molar-refractivity contribution in [3.05, 3.63) is 41.0 Å². The van der Waals surface area contributed by atoms with Crippen LogP contribution in [0.25, 0.3) is 4.91 Å². The zero-order valence-electron chi connectivity index (χ0n) is 16.8. The van der Waals surface area contributed by atoms with Gasteiger partial charge in [0.25, 0.3) is 10.0 Å². The second kappa shape index (κ2) is 7.91. The Labute approximate surface area is 171 Å². The Hall–Kier alpha value is -2.19. The Bertz CT molecular complexity index is 952. The van der Waals surface area contributed by atoms with Crippen molar-refractivity contribution >= 4 is 26.7 Å². The van der Waals surface area contributed by atoms with Gasteiger partial charge in [0.2, 0.25) is 5.91 Å². The molecule has 2 fully saturated rings. The number of aryl methyl sites for hydroxylation is 1. The van der Waals surface area contributed by atoms with Crippen molar-refractivity contribution < 1.29 is 17.9 Å². The van der Waals surface area contributed by atoms with Crippen molar-refractivity contribution in [3.63, 3.8) is 0 Å². The fourth-order valence-electron chi connectivity index (χ4n) is 4.18. The first kappa shape index (κ1) is 20.1. The van der Waals surface area contributed by atoms with Gasteiger partial charge in [-0.1, -0.05) is 29.8 Å². The van der Waals surface area contributed by atoms with Gasteiger partial charge in [-0.25, -0.2) is 0 Å². The molecule has 3 aliphatic rings. The van der Waals surface area contributed by atoms with E-state index in [1.807, 2.05) is 43.0 Å². The minimum atomic E-state index is -3.70. The summed E-state index contributed by atoms with van der Waals surface area (Å²) in [4.78, 5) is 14.6. The topological polar surface area (TPSA) is 88.1 Å². The zero-order chi connectivity index (χ0) is 20.6. The van der Waals surface area contributed by atoms with Crippen molar-refractivity contribution in [3.8, 4) is 0 Å². The predicted molar refractivity (Wildman–Crippen MR) is 112 cm³/mol. The molecule has 0 aromatic heterocycles. The number of amidine groups is 1. The lowest BCUT2D eigenvalue weighted by molar-refractivity contribution is -0.125. The molecule has 29 heavy (non-hydrogen) atoms. The Morgan fingerprint density at radius 1 is 1.14 bits per heavy atom. The maximum Gasteiger partial charge on any atom is 0.285 e. The number of piperidine rings is 1. The van der Waals surface area contributed by atoms with E-state index in [9.17, 15) is 13.2 Å². The van der Waals surface area contributed by atoms with Crippen LogP contribution < -0.4 is 5.32 Å². The van der Waals surface area contributed by atoms with Crippen molar-refractivity contribution in [1.29, 1.82) is 0 Å². The van der Waals surface area contributed by atoms with Crippen molar-refractivity contribution in [2.75, 3.05) is 26.3 Å². The van der Waals surface area contributed by atoms with Gasteiger partial charge in [-0.2, -0.15) is 8.42 Å². The molecule has 1 aromatic carbocycles. The van der Waals surface area contributed by atoms with E-state index in [4.69, 9.17) is 4.74 Å². The number of amides is 1. The largest absolute Gasteiger partial charge is 0.381 e. The first-order chi connectivity index (χ1) is 13.8. The molecule has 1 N–H and O–H groups in total. The van der Waals surface area contributed by atoms with Crippen molar-refractivity contribution in [2.24, 2.45) is 10.3 Å². The molecule has 2 saturated heterocycles. The zero-order valence-corrected chi connectivity index (χ0v) is 17.7. The highest BCUT2D eigenvalue weighted by molar-refractivity contribution is 8.00. The summed E-state index contributed by atoms with van der Waals surface area (Å²) in [6.45, 7) is 6.29. The van der Waals surface area contributed by atoms with Gasteiger partial charge in [0.05, 0.1) is 12.5 Å². The molecule has 0 spiro atoms. The maximum absolute atomic E-state index is 12.7. The van der Waals surface area contributed by atoms with Gasteiger partial charge in [0.15, 0.2) is 0 Å². The molecule has 0 saturated carbocycles. The van der Waals surface area contributed by atoms with E-state index in [1.165, 1.54) is 0 Å². The average Bonchev–Trinajstić information content (AvgIpc) is 3.30. The molecule has 1 amide bonds. The SMILES string of the molecule is CC1=C(c2ccc(C)cc2)S(=O)(=O)N=C1N1CCC(NC(=O)[C@H]2CCOC2)CC1. The van der Waals surface area contributed by atoms with E-state index in [1.54, 1.807) is 0 Å². The van der Waals surface area contributed by atoms with E-state index < -0.39 is 10.0 Å². The van der Waals surface area contributed by atoms with Crippen LogP contribution in [0.4, 0.5) is 0 Å². The third-order valence-electron chi connectivity index (χ3n) is 5.90. The van der Waals surface area contributed by atoms with E-state index in [2.05, 4.69) is 9.71 Å². The van der Waals surface area contributed by atoms with E-state index in [0.717, 1.165) is 24.8 Å². The smallest absolute Gasteiger partial charge is 0.285 e. The maximum atomic E-state index is 12.7. The second-order valence-electron chi connectivity index (χ2n) is 8.04. The first-order valence-corrected chi connectivity index (χ1v) is 11.6. The van der Waals surface area contributed by atoms with Gasteiger partial charge in [0, 0.05) is 31.3 Å². The third kappa shape index (κ3) is 4.09. The van der Waals surface area contributed by atoms with Crippen LogP contribution in [0.5, 0.6) is 0 Å². The highest BCUT2D eigenvalue weighted by Gasteiger charge is 2.35. The monoisotopic (exact) mass is 417 g/mol. The van der Waals surface area contributed by atoms with Crippen LogP contribution in [0.3, 0.4) is 0 Å². The third-order valence-corrected chi connectivity index (χ3v) is 7.37. The van der Waals surface area contributed by atoms with Gasteiger partial charge < -0.3 is 15.0 Å². The molecular formula is C21H27N3O4S. The van der Waals surface area contributed by atoms with Gasteiger partial charge >= 0.3 is 0 Å². The lowest BCUT2D eigenvalue weighted by Gasteiger charge is -2.34. The molecule has 0 aliphatic carbocycles. The summed E-state index contributed by atoms with van der Waals surface area (Å²) in [5.74, 6) is 0.564. The second-order valence-corrected chi connectivity index (χ2v) is 9.58. The molecule has 0 unspecified atom stereocenters. The first-order valence-electron chi connectivity index (χ1n) is 10.1. The van der Waals surface area contributed by atoms with Crippen LogP contribution in [0.15, 0.2) is 34.2 Å². The van der Waals surface area contributed by atoms with Gasteiger partial charge in [-0.3, -0.25) is 4.79 Å². The van der Waals surface area contributed by atoms with Gasteiger partial charge in [-0.05, 0) is 38.7 Å². The Morgan fingerprint density at radius 2 is 1.83 bits per heavy atom. The molecule has 3 aliphatic heterocycles. The fraction of sp³-hybridized carbons (Fsp3) is 0.524. The molecule has 7 nitrogen and oxygen atoms in total. The molecule has 8 heteroatoms. The summed E-state index contributed by atoms with van der Waals surface area (Å²) in [5, 5.41) is 3.12. The quantitative estimate of drug-likeness (QED) is 0.814. The molecule has 0 bridgehead atoms. The number of nitrogens with one attached hydrogen (secondary N) is 1. The molecule has 3 heterocycles. The molecular weight excluding hydrogens is 390 g/mol. The fourth-order valence-corrected chi connectivity index (χ4v) is 5.67. The molecule has 0 radical (unpaired) electrons. The molecule has 1 atom stereocenters. The number of carbonyl (C=O) groups excluding carboxylic acids is 1. The number of benzene rings is 1. The number of hydrogen-bond donors (Lipinski definition) is 1. The van der Waals surface area contributed by atoms with Crippen LogP contribution in [0, 0.1) is 12.8 Å². The predicted octanol–water partition coefficient (Wildman–Crippen LogP) is 2.09. The number of carbonyl (C=O) groups is 1. The summed E-state index contributed by atoms with van der Waals surface area (Å²) >= 11 is 0. The summed E-state index contributed by atoms with van der Waals surface area (Å²) in [5.41, 5.74) is 2.45. The minimum Gasteiger partial charge on any atom is -0.381 e. The standard InChI is InChI=1S/C21H27N3O4S/c1-14-3-5-16(6-4-14)19-15(2)20(23-29(19,26)27)24-10-7-18(8-11-24)22-21(25)17-9-12-28-13-17/h3-6,17-18H,7-13H2,1-2H3,(H,22,25)/t17-/m0/s1. The minimum absolute atomic E-state index is 0.0420. The lowest BCUT2D eigenvalue weighted by Crippen LogP contribution is -2.48. The summed E-state index contributed by atoms with van der Waals surface area (Å²) in [7, 11) is -3.70. The summed E-state index contributed by atoms with van der Waals surface area (Å²) in [6, 6.07) is 7.59. The molecule has 1 aromatic rings. The average molecular weight is 418 g/mol. The number of hydrogen-bond acceptors (Lipinski definition) is 5. The Kier molecular flexibility index (Phi) is 5.48. The van der Waals surface area contributed by atoms with Gasteiger partial charge in [0.1, 0.15) is 10.7 Å². The normalized spacial score (nSPS) is 24.7. The van der Waals surface area contributed by atoms with Crippen molar-refractivity contribution in [1.82, 2.24) is 10.2 Å². The van der Waals surface area contributed by atoms with Crippen LogP contribution >= 0.6 is 0 Å². The van der Waals surface area contributed by atoms with Crippen LogP contribution in [0.1, 0.15) is 37.3 Å². The lowest BCUT2D eigenvalue weighted by atomic mass is 10.0. The number of sulfonamides is 1. The molecule has 156 valence electrons. The number of nitrogens with zero attached hydrogens (tertiary/aromatic N) is 2. The van der Waals surface area contributed by atoms with Crippen LogP contribution in [-0.2, 0) is 19.6 Å². The Balaban J connectivity index is 1.44. The van der Waals surface area contributed by atoms with Crippen molar-refractivity contribution in [2.45, 2.75) is 39.2 Å². The number of ether oxygens (including phenoxy) is 1. The van der Waals surface area contributed by atoms with Crippen LogP contribution in [-0.4, -0.2) is 57.4 Å².